The fourth-order valence-electron chi connectivity index (χ4n) is 2.16. The van der Waals surface area contributed by atoms with Gasteiger partial charge in [-0.3, -0.25) is 4.79 Å². The zero-order valence-electron chi connectivity index (χ0n) is 13.0. The highest BCUT2D eigenvalue weighted by atomic mass is 35.5. The second kappa shape index (κ2) is 7.83. The summed E-state index contributed by atoms with van der Waals surface area (Å²) in [7, 11) is 0. The topological polar surface area (TPSA) is 74.8 Å². The summed E-state index contributed by atoms with van der Waals surface area (Å²) in [6.45, 7) is 0. The number of phenols is 1. The molecule has 2 aromatic carbocycles. The van der Waals surface area contributed by atoms with Crippen molar-refractivity contribution < 1.29 is 14.3 Å². The van der Waals surface area contributed by atoms with Crippen LogP contribution in [0, 0.1) is 0 Å². The molecule has 0 bridgehead atoms. The lowest BCUT2D eigenvalue weighted by atomic mass is 10.2. The molecule has 3 rings (SSSR count). The Hall–Kier alpha value is -2.47. The first kappa shape index (κ1) is 18.3. The maximum Gasteiger partial charge on any atom is 0.275 e. The smallest absolute Gasteiger partial charge is 0.275 e. The molecule has 8 heteroatoms. The lowest BCUT2D eigenvalue weighted by molar-refractivity contribution is 0.0952. The summed E-state index contributed by atoms with van der Waals surface area (Å²) >= 11 is 18.1. The molecule has 0 spiro atoms. The third-order valence-electron chi connectivity index (χ3n) is 3.41. The first-order valence-electron chi connectivity index (χ1n) is 7.32. The van der Waals surface area contributed by atoms with E-state index in [1.54, 1.807) is 30.3 Å². The van der Waals surface area contributed by atoms with Gasteiger partial charge in [-0.1, -0.05) is 46.9 Å². The zero-order valence-corrected chi connectivity index (χ0v) is 15.3. The van der Waals surface area contributed by atoms with E-state index < -0.39 is 5.91 Å². The zero-order chi connectivity index (χ0) is 18.7. The Morgan fingerprint density at radius 1 is 1.04 bits per heavy atom. The Labute approximate surface area is 163 Å². The van der Waals surface area contributed by atoms with Crippen molar-refractivity contribution in [3.8, 4) is 17.1 Å². The van der Waals surface area contributed by atoms with Gasteiger partial charge in [0, 0.05) is 5.56 Å². The van der Waals surface area contributed by atoms with Crippen LogP contribution < -0.4 is 5.43 Å². The molecule has 1 amide bonds. The molecule has 0 unspecified atom stereocenters. The molecule has 132 valence electrons. The van der Waals surface area contributed by atoms with Crippen LogP contribution >= 0.6 is 34.8 Å². The molecule has 0 saturated heterocycles. The number of carbonyl (C=O) groups excluding carboxylic acids is 1. The summed E-state index contributed by atoms with van der Waals surface area (Å²) in [4.78, 5) is 11.9. The number of rotatable bonds is 4. The average molecular weight is 410 g/mol. The van der Waals surface area contributed by atoms with Crippen LogP contribution in [0.3, 0.4) is 0 Å². The molecule has 0 aliphatic carbocycles. The highest BCUT2D eigenvalue weighted by Gasteiger charge is 2.12. The molecule has 0 saturated carbocycles. The standard InChI is InChI=1S/C18H11Cl3N2O3/c19-13-8-15(21)14(20)7-12(13)17-6-5-10(26-17)9-22-23-18(25)11-3-1-2-4-16(11)24/h1-9,24H,(H,23,25). The number of amides is 1. The van der Waals surface area contributed by atoms with Gasteiger partial charge in [0.15, 0.2) is 0 Å². The minimum absolute atomic E-state index is 0.118. The molecular weight excluding hydrogens is 399 g/mol. The molecule has 1 heterocycles. The predicted octanol–water partition coefficient (Wildman–Crippen LogP) is 5.38. The second-order valence-electron chi connectivity index (χ2n) is 5.16. The number of nitrogens with zero attached hydrogens (tertiary/aromatic N) is 1. The average Bonchev–Trinajstić information content (AvgIpc) is 3.07. The van der Waals surface area contributed by atoms with Gasteiger partial charge in [0.05, 0.1) is 26.8 Å². The van der Waals surface area contributed by atoms with Crippen LogP contribution in [0.4, 0.5) is 0 Å². The van der Waals surface area contributed by atoms with E-state index in [2.05, 4.69) is 10.5 Å². The van der Waals surface area contributed by atoms with Crippen molar-refractivity contribution in [1.29, 1.82) is 0 Å². The van der Waals surface area contributed by atoms with Crippen molar-refractivity contribution in [3.63, 3.8) is 0 Å². The van der Waals surface area contributed by atoms with Crippen molar-refractivity contribution >= 4 is 46.9 Å². The summed E-state index contributed by atoms with van der Waals surface area (Å²) in [5, 5.41) is 14.5. The Morgan fingerprint density at radius 2 is 1.77 bits per heavy atom. The molecule has 0 radical (unpaired) electrons. The van der Waals surface area contributed by atoms with E-state index in [1.807, 2.05) is 0 Å². The molecule has 0 fully saturated rings. The molecular formula is C18H11Cl3N2O3. The Morgan fingerprint density at radius 3 is 2.54 bits per heavy atom. The van der Waals surface area contributed by atoms with Crippen LogP contribution in [-0.4, -0.2) is 17.2 Å². The van der Waals surface area contributed by atoms with Crippen molar-refractivity contribution in [3.05, 3.63) is 74.9 Å². The van der Waals surface area contributed by atoms with Gasteiger partial charge >= 0.3 is 0 Å². The Kier molecular flexibility index (Phi) is 5.52. The maximum absolute atomic E-state index is 11.9. The van der Waals surface area contributed by atoms with Crippen LogP contribution in [0.2, 0.25) is 15.1 Å². The van der Waals surface area contributed by atoms with E-state index in [9.17, 15) is 9.90 Å². The van der Waals surface area contributed by atoms with E-state index >= 15 is 0 Å². The van der Waals surface area contributed by atoms with Crippen LogP contribution in [0.5, 0.6) is 5.75 Å². The van der Waals surface area contributed by atoms with Gasteiger partial charge in [0.2, 0.25) is 0 Å². The minimum atomic E-state index is -0.543. The number of para-hydroxylation sites is 1. The monoisotopic (exact) mass is 408 g/mol. The van der Waals surface area contributed by atoms with Crippen LogP contribution in [-0.2, 0) is 0 Å². The van der Waals surface area contributed by atoms with Gasteiger partial charge in [0.1, 0.15) is 17.3 Å². The summed E-state index contributed by atoms with van der Waals surface area (Å²) in [6.07, 6.45) is 1.33. The van der Waals surface area contributed by atoms with E-state index in [1.165, 1.54) is 24.4 Å². The summed E-state index contributed by atoms with van der Waals surface area (Å²) in [5.41, 5.74) is 3.01. The highest BCUT2D eigenvalue weighted by molar-refractivity contribution is 6.44. The molecule has 26 heavy (non-hydrogen) atoms. The largest absolute Gasteiger partial charge is 0.507 e. The second-order valence-corrected chi connectivity index (χ2v) is 6.39. The first-order valence-corrected chi connectivity index (χ1v) is 8.45. The van der Waals surface area contributed by atoms with Gasteiger partial charge in [-0.2, -0.15) is 5.10 Å². The van der Waals surface area contributed by atoms with Crippen molar-refractivity contribution in [1.82, 2.24) is 5.43 Å². The molecule has 0 aliphatic heterocycles. The number of carbonyl (C=O) groups is 1. The number of hydrogen-bond donors (Lipinski definition) is 2. The quantitative estimate of drug-likeness (QED) is 0.345. The number of nitrogens with one attached hydrogen (secondary N) is 1. The number of benzene rings is 2. The summed E-state index contributed by atoms with van der Waals surface area (Å²) in [5.74, 6) is 0.190. The van der Waals surface area contributed by atoms with Crippen LogP contribution in [0.15, 0.2) is 58.0 Å². The Balaban J connectivity index is 1.73. The lowest BCUT2D eigenvalue weighted by Gasteiger charge is -2.03. The van der Waals surface area contributed by atoms with Crippen molar-refractivity contribution in [2.75, 3.05) is 0 Å². The van der Waals surface area contributed by atoms with Gasteiger partial charge in [-0.25, -0.2) is 5.43 Å². The van der Waals surface area contributed by atoms with Gasteiger partial charge in [-0.15, -0.1) is 0 Å². The van der Waals surface area contributed by atoms with E-state index in [0.717, 1.165) is 0 Å². The molecule has 0 atom stereocenters. The third-order valence-corrected chi connectivity index (χ3v) is 4.44. The molecule has 1 aromatic heterocycles. The Bertz CT molecular complexity index is 999. The lowest BCUT2D eigenvalue weighted by Crippen LogP contribution is -2.17. The van der Waals surface area contributed by atoms with Gasteiger partial charge in [0.25, 0.3) is 5.91 Å². The molecule has 3 aromatic rings. The van der Waals surface area contributed by atoms with E-state index in [-0.39, 0.29) is 11.3 Å². The number of halogens is 3. The molecule has 5 nitrogen and oxygen atoms in total. The number of aromatic hydroxyl groups is 1. The SMILES string of the molecule is O=C(NN=Cc1ccc(-c2cc(Cl)c(Cl)cc2Cl)o1)c1ccccc1O. The number of phenolic OH excluding ortho intramolecular Hbond substituents is 1. The van der Waals surface area contributed by atoms with Gasteiger partial charge < -0.3 is 9.52 Å². The fourth-order valence-corrected chi connectivity index (χ4v) is 2.80. The van der Waals surface area contributed by atoms with Crippen molar-refractivity contribution in [2.24, 2.45) is 5.10 Å². The van der Waals surface area contributed by atoms with E-state index in [0.29, 0.717) is 32.2 Å². The minimum Gasteiger partial charge on any atom is -0.507 e. The highest BCUT2D eigenvalue weighted by Crippen LogP contribution is 2.35. The first-order chi connectivity index (χ1) is 12.5. The number of hydrazone groups is 1. The van der Waals surface area contributed by atoms with Crippen LogP contribution in [0.1, 0.15) is 16.1 Å². The third kappa shape index (κ3) is 4.02. The summed E-state index contributed by atoms with van der Waals surface area (Å²) < 4.78 is 5.62. The number of furan rings is 1. The van der Waals surface area contributed by atoms with E-state index in [4.69, 9.17) is 39.2 Å². The fraction of sp³-hybridized carbons (Fsp3) is 0. The van der Waals surface area contributed by atoms with Crippen LogP contribution in [0.25, 0.3) is 11.3 Å². The summed E-state index contributed by atoms with van der Waals surface area (Å²) in [6, 6.07) is 12.6. The van der Waals surface area contributed by atoms with Gasteiger partial charge in [-0.05, 0) is 36.4 Å². The predicted molar refractivity (Wildman–Crippen MR) is 102 cm³/mol. The normalized spacial score (nSPS) is 11.0. The molecule has 0 aliphatic rings. The number of hydrogen-bond acceptors (Lipinski definition) is 4. The molecule has 2 N–H and O–H groups in total. The van der Waals surface area contributed by atoms with Crippen molar-refractivity contribution in [2.45, 2.75) is 0 Å². The maximum atomic E-state index is 11.9.